The van der Waals surface area contributed by atoms with Crippen LogP contribution in [0.25, 0.3) is 6.08 Å². The summed E-state index contributed by atoms with van der Waals surface area (Å²) in [6, 6.07) is 9.93. The molecule has 2 aromatic carbocycles. The first-order chi connectivity index (χ1) is 13.5. The Morgan fingerprint density at radius 1 is 1.17 bits per heavy atom. The van der Waals surface area contributed by atoms with E-state index in [1.54, 1.807) is 18.2 Å². The molecule has 0 atom stereocenters. The standard InChI is InChI=1S/C20H19F3N2O3S/c1-29(27,28)25-11-10-17-15(13-25)5-3-7-18(17)24-19(26)9-8-14-4-2-6-16(12-14)20(21,22)23/h2-9,12H,10-11,13H2,1H3,(H,24,26)/b9-8+. The molecule has 0 saturated heterocycles. The number of carbonyl (C=O) groups is 1. The van der Waals surface area contributed by atoms with Crippen LogP contribution in [-0.2, 0) is 34.0 Å². The van der Waals surface area contributed by atoms with Crippen molar-refractivity contribution in [2.45, 2.75) is 19.1 Å². The van der Waals surface area contributed by atoms with E-state index in [0.29, 0.717) is 18.7 Å². The second-order valence-electron chi connectivity index (χ2n) is 6.74. The van der Waals surface area contributed by atoms with Crippen LogP contribution in [0.1, 0.15) is 22.3 Å². The molecule has 0 aromatic heterocycles. The molecule has 3 rings (SSSR count). The van der Waals surface area contributed by atoms with Crippen molar-refractivity contribution >= 4 is 27.7 Å². The third-order valence-electron chi connectivity index (χ3n) is 4.60. The van der Waals surface area contributed by atoms with Crippen LogP contribution in [0.2, 0.25) is 0 Å². The van der Waals surface area contributed by atoms with Crippen LogP contribution in [0.15, 0.2) is 48.5 Å². The van der Waals surface area contributed by atoms with Crippen LogP contribution in [0, 0.1) is 0 Å². The third kappa shape index (κ3) is 5.24. The van der Waals surface area contributed by atoms with E-state index in [1.807, 2.05) is 0 Å². The monoisotopic (exact) mass is 424 g/mol. The lowest BCUT2D eigenvalue weighted by Crippen LogP contribution is -2.35. The van der Waals surface area contributed by atoms with Crippen LogP contribution in [-0.4, -0.2) is 31.4 Å². The van der Waals surface area contributed by atoms with Gasteiger partial charge in [-0.15, -0.1) is 0 Å². The first-order valence-electron chi connectivity index (χ1n) is 8.76. The number of carbonyl (C=O) groups excluding carboxylic acids is 1. The fourth-order valence-corrected chi connectivity index (χ4v) is 3.95. The first kappa shape index (κ1) is 21.1. The summed E-state index contributed by atoms with van der Waals surface area (Å²) in [5, 5.41) is 2.72. The highest BCUT2D eigenvalue weighted by atomic mass is 32.2. The minimum atomic E-state index is -4.45. The zero-order chi connectivity index (χ0) is 21.2. The molecule has 154 valence electrons. The lowest BCUT2D eigenvalue weighted by Gasteiger charge is -2.28. The molecular formula is C20H19F3N2O3S. The second kappa shape index (κ2) is 8.00. The molecule has 2 aromatic rings. The third-order valence-corrected chi connectivity index (χ3v) is 5.85. The van der Waals surface area contributed by atoms with Gasteiger partial charge in [0.1, 0.15) is 0 Å². The largest absolute Gasteiger partial charge is 0.416 e. The highest BCUT2D eigenvalue weighted by Crippen LogP contribution is 2.30. The Morgan fingerprint density at radius 2 is 1.90 bits per heavy atom. The SMILES string of the molecule is CS(=O)(=O)N1CCc2c(cccc2NC(=O)/C=C/c2cccc(C(F)(F)F)c2)C1. The minimum Gasteiger partial charge on any atom is -0.322 e. The van der Waals surface area contributed by atoms with Gasteiger partial charge in [-0.2, -0.15) is 17.5 Å². The van der Waals surface area contributed by atoms with Crippen molar-refractivity contribution in [3.05, 3.63) is 70.8 Å². The van der Waals surface area contributed by atoms with Gasteiger partial charge in [-0.3, -0.25) is 4.79 Å². The zero-order valence-electron chi connectivity index (χ0n) is 15.5. The predicted molar refractivity (Wildman–Crippen MR) is 105 cm³/mol. The van der Waals surface area contributed by atoms with E-state index < -0.39 is 27.7 Å². The van der Waals surface area contributed by atoms with E-state index in [0.717, 1.165) is 29.5 Å². The summed E-state index contributed by atoms with van der Waals surface area (Å²) >= 11 is 0. The Balaban J connectivity index is 1.73. The Labute approximate surface area is 166 Å². The molecular weight excluding hydrogens is 405 g/mol. The fourth-order valence-electron chi connectivity index (χ4n) is 3.15. The Hall–Kier alpha value is -2.65. The van der Waals surface area contributed by atoms with Crippen molar-refractivity contribution < 1.29 is 26.4 Å². The summed E-state index contributed by atoms with van der Waals surface area (Å²) in [5.74, 6) is -0.485. The normalized spacial score (nSPS) is 15.3. The number of hydrogen-bond donors (Lipinski definition) is 1. The number of fused-ring (bicyclic) bond motifs is 1. The molecule has 0 fully saturated rings. The maximum atomic E-state index is 12.8. The Kier molecular flexibility index (Phi) is 5.81. The van der Waals surface area contributed by atoms with Crippen LogP contribution < -0.4 is 5.32 Å². The lowest BCUT2D eigenvalue weighted by molar-refractivity contribution is -0.137. The summed E-state index contributed by atoms with van der Waals surface area (Å²) in [7, 11) is -3.30. The number of amides is 1. The summed E-state index contributed by atoms with van der Waals surface area (Å²) in [5.41, 5.74) is 1.70. The number of anilines is 1. The molecule has 1 aliphatic heterocycles. The average molecular weight is 424 g/mol. The fraction of sp³-hybridized carbons (Fsp3) is 0.250. The molecule has 0 unspecified atom stereocenters. The maximum Gasteiger partial charge on any atom is 0.416 e. The summed E-state index contributed by atoms with van der Waals surface area (Å²) in [4.78, 5) is 12.3. The van der Waals surface area contributed by atoms with Crippen molar-refractivity contribution in [1.82, 2.24) is 4.31 Å². The first-order valence-corrected chi connectivity index (χ1v) is 10.6. The molecule has 9 heteroatoms. The number of halogens is 3. The van der Waals surface area contributed by atoms with E-state index in [-0.39, 0.29) is 12.1 Å². The van der Waals surface area contributed by atoms with Gasteiger partial charge in [0.15, 0.2) is 0 Å². The van der Waals surface area contributed by atoms with Crippen molar-refractivity contribution in [2.75, 3.05) is 18.1 Å². The average Bonchev–Trinajstić information content (AvgIpc) is 2.65. The number of alkyl halides is 3. The molecule has 1 amide bonds. The molecule has 0 aliphatic carbocycles. The second-order valence-corrected chi connectivity index (χ2v) is 8.72. The number of nitrogens with zero attached hydrogens (tertiary/aromatic N) is 1. The van der Waals surface area contributed by atoms with Gasteiger partial charge in [-0.05, 0) is 47.4 Å². The number of rotatable bonds is 4. The van der Waals surface area contributed by atoms with E-state index in [4.69, 9.17) is 0 Å². The van der Waals surface area contributed by atoms with Gasteiger partial charge in [0, 0.05) is 24.9 Å². The molecule has 1 aliphatic rings. The van der Waals surface area contributed by atoms with E-state index in [9.17, 15) is 26.4 Å². The number of sulfonamides is 1. The summed E-state index contributed by atoms with van der Waals surface area (Å²) in [6.45, 7) is 0.552. The van der Waals surface area contributed by atoms with E-state index in [1.165, 1.54) is 28.6 Å². The van der Waals surface area contributed by atoms with Crippen molar-refractivity contribution in [2.24, 2.45) is 0 Å². The zero-order valence-corrected chi connectivity index (χ0v) is 16.3. The van der Waals surface area contributed by atoms with Crippen LogP contribution in [0.5, 0.6) is 0 Å². The van der Waals surface area contributed by atoms with E-state index >= 15 is 0 Å². The van der Waals surface area contributed by atoms with Crippen LogP contribution >= 0.6 is 0 Å². The van der Waals surface area contributed by atoms with Gasteiger partial charge < -0.3 is 5.32 Å². The van der Waals surface area contributed by atoms with E-state index in [2.05, 4.69) is 5.32 Å². The maximum absolute atomic E-state index is 12.8. The number of hydrogen-bond acceptors (Lipinski definition) is 3. The highest BCUT2D eigenvalue weighted by molar-refractivity contribution is 7.88. The summed E-state index contributed by atoms with van der Waals surface area (Å²) in [6.07, 6.45) is -0.362. The van der Waals surface area contributed by atoms with Crippen molar-refractivity contribution in [3.63, 3.8) is 0 Å². The molecule has 0 radical (unpaired) electrons. The molecule has 1 N–H and O–H groups in total. The predicted octanol–water partition coefficient (Wildman–Crippen LogP) is 3.68. The molecule has 5 nitrogen and oxygen atoms in total. The Morgan fingerprint density at radius 3 is 2.59 bits per heavy atom. The van der Waals surface area contributed by atoms with Gasteiger partial charge in [0.05, 0.1) is 11.8 Å². The van der Waals surface area contributed by atoms with Gasteiger partial charge in [0.2, 0.25) is 15.9 Å². The van der Waals surface area contributed by atoms with Crippen LogP contribution in [0.4, 0.5) is 18.9 Å². The quantitative estimate of drug-likeness (QED) is 0.762. The van der Waals surface area contributed by atoms with Gasteiger partial charge >= 0.3 is 6.18 Å². The topological polar surface area (TPSA) is 66.5 Å². The number of nitrogens with one attached hydrogen (secondary N) is 1. The Bertz CT molecular complexity index is 1060. The van der Waals surface area contributed by atoms with Gasteiger partial charge in [-0.1, -0.05) is 24.3 Å². The molecule has 0 bridgehead atoms. The molecule has 0 spiro atoms. The van der Waals surface area contributed by atoms with Gasteiger partial charge in [-0.25, -0.2) is 8.42 Å². The van der Waals surface area contributed by atoms with Crippen molar-refractivity contribution in [1.29, 1.82) is 0 Å². The van der Waals surface area contributed by atoms with Gasteiger partial charge in [0.25, 0.3) is 0 Å². The summed E-state index contributed by atoms with van der Waals surface area (Å²) < 4.78 is 63.2. The minimum absolute atomic E-state index is 0.234. The lowest BCUT2D eigenvalue weighted by atomic mass is 9.99. The highest BCUT2D eigenvalue weighted by Gasteiger charge is 2.30. The molecule has 0 saturated carbocycles. The smallest absolute Gasteiger partial charge is 0.322 e. The van der Waals surface area contributed by atoms with Crippen molar-refractivity contribution in [3.8, 4) is 0 Å². The van der Waals surface area contributed by atoms with Crippen LogP contribution in [0.3, 0.4) is 0 Å². The number of benzene rings is 2. The molecule has 29 heavy (non-hydrogen) atoms. The molecule has 1 heterocycles.